The number of nitrogens with one attached hydrogen (secondary N) is 1. The molecule has 1 N–H and O–H groups in total. The molecular formula is C18H20N4O2S. The standard InChI is InChI=1S/C18H20N4O2S/c1-12-17(25-16(21-12)11-24-3)18(23)19-10-13-4-6-14(7-5-13)15-8-9-20-22(15)2/h4-9H,10-11H2,1-3H3,(H,19,23). The van der Waals surface area contributed by atoms with Crippen LogP contribution in [0, 0.1) is 6.92 Å². The van der Waals surface area contributed by atoms with Crippen LogP contribution in [0.2, 0.25) is 0 Å². The van der Waals surface area contributed by atoms with Crippen LogP contribution in [-0.2, 0) is 24.9 Å². The molecule has 0 aliphatic carbocycles. The maximum absolute atomic E-state index is 12.4. The molecule has 1 amide bonds. The molecule has 1 aromatic carbocycles. The van der Waals surface area contributed by atoms with Crippen molar-refractivity contribution in [2.45, 2.75) is 20.1 Å². The summed E-state index contributed by atoms with van der Waals surface area (Å²) in [6.45, 7) is 2.74. The summed E-state index contributed by atoms with van der Waals surface area (Å²) in [5.74, 6) is -0.104. The zero-order chi connectivity index (χ0) is 17.8. The highest BCUT2D eigenvalue weighted by Crippen LogP contribution is 2.20. The minimum Gasteiger partial charge on any atom is -0.378 e. The van der Waals surface area contributed by atoms with Gasteiger partial charge < -0.3 is 10.1 Å². The maximum Gasteiger partial charge on any atom is 0.263 e. The van der Waals surface area contributed by atoms with Crippen LogP contribution in [0.4, 0.5) is 0 Å². The third-order valence-corrected chi connectivity index (χ3v) is 4.97. The third-order valence-electron chi connectivity index (χ3n) is 3.84. The minimum atomic E-state index is -0.104. The van der Waals surface area contributed by atoms with Crippen LogP contribution in [0.3, 0.4) is 0 Å². The summed E-state index contributed by atoms with van der Waals surface area (Å²) in [6, 6.07) is 10.1. The van der Waals surface area contributed by atoms with E-state index in [1.165, 1.54) is 11.3 Å². The average Bonchev–Trinajstić information content (AvgIpc) is 3.19. The van der Waals surface area contributed by atoms with Crippen molar-refractivity contribution >= 4 is 17.2 Å². The van der Waals surface area contributed by atoms with Gasteiger partial charge in [0.2, 0.25) is 0 Å². The molecule has 0 spiro atoms. The van der Waals surface area contributed by atoms with Gasteiger partial charge in [-0.3, -0.25) is 9.48 Å². The number of ether oxygens (including phenoxy) is 1. The van der Waals surface area contributed by atoms with Gasteiger partial charge in [-0.05, 0) is 24.1 Å². The average molecular weight is 356 g/mol. The van der Waals surface area contributed by atoms with Crippen molar-refractivity contribution in [3.05, 3.63) is 57.7 Å². The lowest BCUT2D eigenvalue weighted by molar-refractivity contribution is 0.0954. The fourth-order valence-electron chi connectivity index (χ4n) is 2.56. The lowest BCUT2D eigenvalue weighted by Crippen LogP contribution is -2.22. The van der Waals surface area contributed by atoms with E-state index in [0.29, 0.717) is 18.0 Å². The fraction of sp³-hybridized carbons (Fsp3) is 0.278. The van der Waals surface area contributed by atoms with Gasteiger partial charge in [0.15, 0.2) is 0 Å². The molecule has 0 aliphatic rings. The third kappa shape index (κ3) is 3.94. The van der Waals surface area contributed by atoms with Gasteiger partial charge in [0.25, 0.3) is 5.91 Å². The molecule has 3 aromatic rings. The number of amides is 1. The topological polar surface area (TPSA) is 69.0 Å². The molecule has 2 heterocycles. The monoisotopic (exact) mass is 356 g/mol. The van der Waals surface area contributed by atoms with E-state index in [4.69, 9.17) is 4.74 Å². The molecule has 0 unspecified atom stereocenters. The molecule has 2 aromatic heterocycles. The summed E-state index contributed by atoms with van der Waals surface area (Å²) in [4.78, 5) is 17.3. The van der Waals surface area contributed by atoms with Gasteiger partial charge in [0, 0.05) is 26.9 Å². The lowest BCUT2D eigenvalue weighted by Gasteiger charge is -2.06. The van der Waals surface area contributed by atoms with Crippen LogP contribution < -0.4 is 5.32 Å². The summed E-state index contributed by atoms with van der Waals surface area (Å²) in [5.41, 5.74) is 3.93. The number of thiazole rings is 1. The van der Waals surface area contributed by atoms with Crippen molar-refractivity contribution in [2.24, 2.45) is 7.05 Å². The van der Waals surface area contributed by atoms with Crippen molar-refractivity contribution in [1.29, 1.82) is 0 Å². The first-order valence-corrected chi connectivity index (χ1v) is 8.71. The van der Waals surface area contributed by atoms with Crippen LogP contribution in [0.5, 0.6) is 0 Å². The summed E-state index contributed by atoms with van der Waals surface area (Å²) < 4.78 is 6.90. The van der Waals surface area contributed by atoms with Crippen LogP contribution in [0.25, 0.3) is 11.3 Å². The normalized spacial score (nSPS) is 10.8. The zero-order valence-electron chi connectivity index (χ0n) is 14.4. The van der Waals surface area contributed by atoms with Crippen molar-refractivity contribution in [3.8, 4) is 11.3 Å². The molecule has 6 nitrogen and oxygen atoms in total. The minimum absolute atomic E-state index is 0.104. The van der Waals surface area contributed by atoms with Gasteiger partial charge in [-0.2, -0.15) is 5.10 Å². The Morgan fingerprint density at radius 1 is 1.28 bits per heavy atom. The largest absolute Gasteiger partial charge is 0.378 e. The number of aromatic nitrogens is 3. The van der Waals surface area contributed by atoms with E-state index >= 15 is 0 Å². The van der Waals surface area contributed by atoms with Crippen molar-refractivity contribution < 1.29 is 9.53 Å². The van der Waals surface area contributed by atoms with Gasteiger partial charge in [-0.15, -0.1) is 11.3 Å². The summed E-state index contributed by atoms with van der Waals surface area (Å²) in [5, 5.41) is 7.94. The maximum atomic E-state index is 12.4. The van der Waals surface area contributed by atoms with E-state index in [1.54, 1.807) is 13.3 Å². The van der Waals surface area contributed by atoms with E-state index < -0.39 is 0 Å². The predicted octanol–water partition coefficient (Wildman–Crippen LogP) is 2.93. The fourth-order valence-corrected chi connectivity index (χ4v) is 3.51. The van der Waals surface area contributed by atoms with Crippen molar-refractivity contribution in [2.75, 3.05) is 7.11 Å². The van der Waals surface area contributed by atoms with Crippen molar-refractivity contribution in [1.82, 2.24) is 20.1 Å². The molecule has 130 valence electrons. The van der Waals surface area contributed by atoms with E-state index in [-0.39, 0.29) is 5.91 Å². The number of nitrogens with zero attached hydrogens (tertiary/aromatic N) is 3. The van der Waals surface area contributed by atoms with Crippen LogP contribution in [0.1, 0.15) is 25.9 Å². The Kier molecular flexibility index (Phi) is 5.25. The summed E-state index contributed by atoms with van der Waals surface area (Å²) in [6.07, 6.45) is 1.78. The number of rotatable bonds is 6. The molecule has 3 rings (SSSR count). The second kappa shape index (κ2) is 7.58. The van der Waals surface area contributed by atoms with Gasteiger partial charge in [-0.25, -0.2) is 4.98 Å². The molecule has 25 heavy (non-hydrogen) atoms. The number of methoxy groups -OCH3 is 1. The van der Waals surface area contributed by atoms with Gasteiger partial charge in [0.1, 0.15) is 9.88 Å². The van der Waals surface area contributed by atoms with E-state index in [9.17, 15) is 4.79 Å². The van der Waals surface area contributed by atoms with Gasteiger partial charge in [0.05, 0.1) is 18.0 Å². The highest BCUT2D eigenvalue weighted by Gasteiger charge is 2.15. The van der Waals surface area contributed by atoms with Crippen LogP contribution >= 0.6 is 11.3 Å². The number of benzene rings is 1. The second-order valence-corrected chi connectivity index (χ2v) is 6.76. The summed E-state index contributed by atoms with van der Waals surface area (Å²) in [7, 11) is 3.53. The second-order valence-electron chi connectivity index (χ2n) is 5.67. The van der Waals surface area contributed by atoms with Gasteiger partial charge in [-0.1, -0.05) is 24.3 Å². The number of carbonyl (C=O) groups excluding carboxylic acids is 1. The number of hydrogen-bond acceptors (Lipinski definition) is 5. The SMILES string of the molecule is COCc1nc(C)c(C(=O)NCc2ccc(-c3ccnn3C)cc2)s1. The Morgan fingerprint density at radius 3 is 2.68 bits per heavy atom. The molecule has 0 bridgehead atoms. The van der Waals surface area contributed by atoms with Crippen LogP contribution in [0.15, 0.2) is 36.5 Å². The Labute approximate surface area is 150 Å². The smallest absolute Gasteiger partial charge is 0.263 e. The predicted molar refractivity (Wildman–Crippen MR) is 97.4 cm³/mol. The van der Waals surface area contributed by atoms with Crippen molar-refractivity contribution in [3.63, 3.8) is 0 Å². The number of aryl methyl sites for hydroxylation is 2. The highest BCUT2D eigenvalue weighted by atomic mass is 32.1. The molecule has 0 saturated carbocycles. The molecule has 0 aliphatic heterocycles. The number of carbonyl (C=O) groups is 1. The first-order chi connectivity index (χ1) is 12.1. The molecule has 0 saturated heterocycles. The Morgan fingerprint density at radius 2 is 2.04 bits per heavy atom. The highest BCUT2D eigenvalue weighted by molar-refractivity contribution is 7.13. The quantitative estimate of drug-likeness (QED) is 0.737. The molecule has 7 heteroatoms. The number of hydrogen-bond donors (Lipinski definition) is 1. The Bertz CT molecular complexity index is 868. The van der Waals surface area contributed by atoms with E-state index in [1.807, 2.05) is 49.0 Å². The first kappa shape index (κ1) is 17.3. The zero-order valence-corrected chi connectivity index (χ0v) is 15.3. The van der Waals surface area contributed by atoms with E-state index in [2.05, 4.69) is 15.4 Å². The van der Waals surface area contributed by atoms with Crippen LogP contribution in [-0.4, -0.2) is 27.8 Å². The first-order valence-electron chi connectivity index (χ1n) is 7.89. The molecule has 0 fully saturated rings. The Hall–Kier alpha value is -2.51. The Balaban J connectivity index is 1.63. The summed E-state index contributed by atoms with van der Waals surface area (Å²) >= 11 is 1.37. The lowest BCUT2D eigenvalue weighted by atomic mass is 10.1. The molecule has 0 radical (unpaired) electrons. The van der Waals surface area contributed by atoms with Gasteiger partial charge >= 0.3 is 0 Å². The molecule has 0 atom stereocenters. The molecular weight excluding hydrogens is 336 g/mol. The van der Waals surface area contributed by atoms with E-state index in [0.717, 1.165) is 27.5 Å².